The van der Waals surface area contributed by atoms with E-state index in [0.29, 0.717) is 17.6 Å². The summed E-state index contributed by atoms with van der Waals surface area (Å²) in [5.41, 5.74) is 2.08. The fourth-order valence-corrected chi connectivity index (χ4v) is 4.09. The molecular weight excluding hydrogens is 312 g/mol. The summed E-state index contributed by atoms with van der Waals surface area (Å²) in [6.45, 7) is 6.30. The van der Waals surface area contributed by atoms with Crippen LogP contribution < -0.4 is 0 Å². The van der Waals surface area contributed by atoms with E-state index < -0.39 is 6.10 Å². The molecule has 3 nitrogen and oxygen atoms in total. The van der Waals surface area contributed by atoms with Crippen LogP contribution in [0, 0.1) is 24.7 Å². The Labute approximate surface area is 152 Å². The molecule has 3 N–H and O–H groups in total. The van der Waals surface area contributed by atoms with Crippen molar-refractivity contribution in [1.29, 1.82) is 0 Å². The van der Waals surface area contributed by atoms with Gasteiger partial charge in [-0.05, 0) is 55.2 Å². The summed E-state index contributed by atoms with van der Waals surface area (Å²) in [7, 11) is 0. The first kappa shape index (κ1) is 20.0. The Bertz CT molecular complexity index is 566. The standard InChI is InChI=1S/C22H34O3/c1-4-5-6-9-18(23)11-12-19-20(15(2)13-22(19)25)14-17-8-7-10-21(24)16(17)3/h7-8,10-12,15,18-20,22-25H,4-6,9,13-14H2,1-3H3/b12-11+/t15-,18-,19+,20-,22+/m0/s1. The molecule has 2 rings (SSSR count). The highest BCUT2D eigenvalue weighted by atomic mass is 16.3. The number of hydrogen-bond acceptors (Lipinski definition) is 3. The van der Waals surface area contributed by atoms with Gasteiger partial charge < -0.3 is 15.3 Å². The zero-order valence-electron chi connectivity index (χ0n) is 15.9. The third-order valence-corrected chi connectivity index (χ3v) is 5.81. The van der Waals surface area contributed by atoms with Gasteiger partial charge in [0, 0.05) is 5.92 Å². The Balaban J connectivity index is 2.06. The molecule has 3 heteroatoms. The fraction of sp³-hybridized carbons (Fsp3) is 0.636. The lowest BCUT2D eigenvalue weighted by Gasteiger charge is -2.23. The number of hydrogen-bond donors (Lipinski definition) is 3. The van der Waals surface area contributed by atoms with Crippen molar-refractivity contribution in [2.45, 2.75) is 71.5 Å². The second kappa shape index (κ2) is 9.40. The molecular formula is C22H34O3. The summed E-state index contributed by atoms with van der Waals surface area (Å²) in [6, 6.07) is 5.67. The van der Waals surface area contributed by atoms with Gasteiger partial charge in [0.25, 0.3) is 0 Å². The predicted octanol–water partition coefficient (Wildman–Crippen LogP) is 4.37. The Morgan fingerprint density at radius 1 is 1.28 bits per heavy atom. The second-order valence-corrected chi connectivity index (χ2v) is 7.73. The van der Waals surface area contributed by atoms with Crippen molar-refractivity contribution in [3.8, 4) is 5.75 Å². The number of rotatable bonds is 8. The van der Waals surface area contributed by atoms with Gasteiger partial charge in [-0.1, -0.05) is 57.4 Å². The van der Waals surface area contributed by atoms with Crippen molar-refractivity contribution >= 4 is 0 Å². The SMILES string of the molecule is CCCCC[C@H](O)/C=C/[C@@H]1[C@@H](Cc2cccc(O)c2C)[C@@H](C)C[C@H]1O. The second-order valence-electron chi connectivity index (χ2n) is 7.73. The molecule has 1 fully saturated rings. The van der Waals surface area contributed by atoms with Crippen molar-refractivity contribution in [3.05, 3.63) is 41.5 Å². The quantitative estimate of drug-likeness (QED) is 0.484. The summed E-state index contributed by atoms with van der Waals surface area (Å²) in [5, 5.41) is 30.6. The summed E-state index contributed by atoms with van der Waals surface area (Å²) < 4.78 is 0. The monoisotopic (exact) mass is 346 g/mol. The molecule has 25 heavy (non-hydrogen) atoms. The van der Waals surface area contributed by atoms with E-state index in [-0.39, 0.29) is 12.0 Å². The third kappa shape index (κ3) is 5.32. The number of phenols is 1. The molecule has 0 heterocycles. The van der Waals surface area contributed by atoms with Crippen LogP contribution in [0.1, 0.15) is 57.1 Å². The minimum atomic E-state index is -0.419. The van der Waals surface area contributed by atoms with Crippen molar-refractivity contribution in [1.82, 2.24) is 0 Å². The van der Waals surface area contributed by atoms with Crippen LogP contribution >= 0.6 is 0 Å². The molecule has 1 aromatic carbocycles. The molecule has 1 saturated carbocycles. The maximum Gasteiger partial charge on any atom is 0.118 e. The molecule has 0 unspecified atom stereocenters. The molecule has 0 radical (unpaired) electrons. The first-order chi connectivity index (χ1) is 11.9. The van der Waals surface area contributed by atoms with E-state index in [4.69, 9.17) is 0 Å². The van der Waals surface area contributed by atoms with Gasteiger partial charge in [0.05, 0.1) is 12.2 Å². The van der Waals surface area contributed by atoms with Crippen LogP contribution in [0.15, 0.2) is 30.4 Å². The first-order valence-corrected chi connectivity index (χ1v) is 9.76. The summed E-state index contributed by atoms with van der Waals surface area (Å²) in [5.74, 6) is 1.15. The minimum absolute atomic E-state index is 0.0672. The van der Waals surface area contributed by atoms with Gasteiger partial charge in [-0.3, -0.25) is 0 Å². The van der Waals surface area contributed by atoms with E-state index >= 15 is 0 Å². The maximum absolute atomic E-state index is 10.5. The molecule has 5 atom stereocenters. The smallest absolute Gasteiger partial charge is 0.118 e. The van der Waals surface area contributed by atoms with Gasteiger partial charge in [0.15, 0.2) is 0 Å². The van der Waals surface area contributed by atoms with Crippen LogP contribution in [0.4, 0.5) is 0 Å². The zero-order chi connectivity index (χ0) is 18.4. The first-order valence-electron chi connectivity index (χ1n) is 9.76. The minimum Gasteiger partial charge on any atom is -0.508 e. The van der Waals surface area contributed by atoms with Crippen LogP contribution in [0.5, 0.6) is 5.75 Å². The highest BCUT2D eigenvalue weighted by molar-refractivity contribution is 5.38. The van der Waals surface area contributed by atoms with Crippen molar-refractivity contribution in [2.75, 3.05) is 0 Å². The molecule has 0 amide bonds. The van der Waals surface area contributed by atoms with E-state index in [1.165, 1.54) is 0 Å². The Hall–Kier alpha value is -1.32. The lowest BCUT2D eigenvalue weighted by atomic mass is 9.83. The van der Waals surface area contributed by atoms with Crippen molar-refractivity contribution < 1.29 is 15.3 Å². The Morgan fingerprint density at radius 2 is 2.04 bits per heavy atom. The van der Waals surface area contributed by atoms with Crippen LogP contribution in [-0.2, 0) is 6.42 Å². The van der Waals surface area contributed by atoms with E-state index in [0.717, 1.165) is 49.7 Å². The van der Waals surface area contributed by atoms with Gasteiger partial charge in [-0.2, -0.15) is 0 Å². The van der Waals surface area contributed by atoms with Crippen LogP contribution in [0.25, 0.3) is 0 Å². The number of benzene rings is 1. The normalized spacial score (nSPS) is 27.9. The van der Waals surface area contributed by atoms with Crippen molar-refractivity contribution in [3.63, 3.8) is 0 Å². The summed E-state index contributed by atoms with van der Waals surface area (Å²) in [6.07, 6.45) is 8.92. The van der Waals surface area contributed by atoms with E-state index in [9.17, 15) is 15.3 Å². The topological polar surface area (TPSA) is 60.7 Å². The highest BCUT2D eigenvalue weighted by Gasteiger charge is 2.38. The van der Waals surface area contributed by atoms with Gasteiger partial charge in [0.2, 0.25) is 0 Å². The highest BCUT2D eigenvalue weighted by Crippen LogP contribution is 2.41. The summed E-state index contributed by atoms with van der Waals surface area (Å²) in [4.78, 5) is 0. The zero-order valence-corrected chi connectivity index (χ0v) is 15.9. The van der Waals surface area contributed by atoms with Crippen molar-refractivity contribution in [2.24, 2.45) is 17.8 Å². The van der Waals surface area contributed by atoms with Gasteiger partial charge in [-0.25, -0.2) is 0 Å². The molecule has 0 aliphatic heterocycles. The molecule has 1 aliphatic carbocycles. The lowest BCUT2D eigenvalue weighted by molar-refractivity contribution is 0.140. The van der Waals surface area contributed by atoms with E-state index in [1.54, 1.807) is 6.07 Å². The lowest BCUT2D eigenvalue weighted by Crippen LogP contribution is -2.21. The van der Waals surface area contributed by atoms with Crippen LogP contribution in [-0.4, -0.2) is 27.5 Å². The van der Waals surface area contributed by atoms with Gasteiger partial charge in [-0.15, -0.1) is 0 Å². The molecule has 0 aromatic heterocycles. The summed E-state index contributed by atoms with van der Waals surface area (Å²) >= 11 is 0. The number of unbranched alkanes of at least 4 members (excludes halogenated alkanes) is 2. The average Bonchev–Trinajstić information content (AvgIpc) is 2.83. The Kier molecular flexibility index (Phi) is 7.52. The maximum atomic E-state index is 10.5. The van der Waals surface area contributed by atoms with E-state index in [1.807, 2.05) is 25.1 Å². The fourth-order valence-electron chi connectivity index (χ4n) is 4.09. The van der Waals surface area contributed by atoms with E-state index in [2.05, 4.69) is 19.9 Å². The number of aliphatic hydroxyl groups excluding tert-OH is 2. The molecule has 0 saturated heterocycles. The number of aliphatic hydroxyl groups is 2. The molecule has 0 spiro atoms. The van der Waals surface area contributed by atoms with Crippen LogP contribution in [0.2, 0.25) is 0 Å². The third-order valence-electron chi connectivity index (χ3n) is 5.81. The van der Waals surface area contributed by atoms with Gasteiger partial charge >= 0.3 is 0 Å². The number of phenolic OH excluding ortho intramolecular Hbond substituents is 1. The average molecular weight is 347 g/mol. The molecule has 0 bridgehead atoms. The molecule has 1 aliphatic rings. The largest absolute Gasteiger partial charge is 0.508 e. The number of aromatic hydroxyl groups is 1. The molecule has 140 valence electrons. The van der Waals surface area contributed by atoms with Crippen LogP contribution in [0.3, 0.4) is 0 Å². The predicted molar refractivity (Wildman–Crippen MR) is 103 cm³/mol. The molecule has 1 aromatic rings. The van der Waals surface area contributed by atoms with Gasteiger partial charge in [0.1, 0.15) is 5.75 Å². The Morgan fingerprint density at radius 3 is 2.76 bits per heavy atom.